The van der Waals surface area contributed by atoms with E-state index in [1.807, 2.05) is 30.3 Å². The Labute approximate surface area is 119 Å². The van der Waals surface area contributed by atoms with Crippen LogP contribution >= 0.6 is 0 Å². The molecule has 0 bridgehead atoms. The molecule has 20 heavy (non-hydrogen) atoms. The summed E-state index contributed by atoms with van der Waals surface area (Å²) in [5.74, 6) is 0.0672. The van der Waals surface area contributed by atoms with Crippen molar-refractivity contribution in [1.29, 1.82) is 0 Å². The summed E-state index contributed by atoms with van der Waals surface area (Å²) in [5.41, 5.74) is 4.18. The van der Waals surface area contributed by atoms with Gasteiger partial charge in [-0.2, -0.15) is 5.48 Å². The van der Waals surface area contributed by atoms with Crippen molar-refractivity contribution < 1.29 is 9.63 Å². The van der Waals surface area contributed by atoms with Gasteiger partial charge < -0.3 is 4.84 Å². The third-order valence-electron chi connectivity index (χ3n) is 3.22. The maximum Gasteiger partial charge on any atom is 0.232 e. The molecule has 0 amide bonds. The lowest BCUT2D eigenvalue weighted by Crippen LogP contribution is -2.32. The summed E-state index contributed by atoms with van der Waals surface area (Å²) in [7, 11) is 1.58. The van der Waals surface area contributed by atoms with Crippen LogP contribution in [0.2, 0.25) is 0 Å². The molecule has 2 rings (SSSR count). The standard InChI is InChI=1S/C16H20N2O2/c1-20-17-15(10-9-14-7-3-2-4-8-14)13-16(19)18-11-5-6-12-18/h2-8,11-12,15,17H,9-10,13H2,1H3/t15-/m0/s1. The predicted molar refractivity (Wildman–Crippen MR) is 78.4 cm³/mol. The van der Waals surface area contributed by atoms with Gasteiger partial charge in [0.2, 0.25) is 5.91 Å². The van der Waals surface area contributed by atoms with Gasteiger partial charge in [-0.05, 0) is 30.5 Å². The fourth-order valence-corrected chi connectivity index (χ4v) is 2.17. The number of benzene rings is 1. The molecule has 106 valence electrons. The van der Waals surface area contributed by atoms with Crippen molar-refractivity contribution in [2.24, 2.45) is 0 Å². The number of aromatic nitrogens is 1. The van der Waals surface area contributed by atoms with Crippen LogP contribution in [0.25, 0.3) is 0 Å². The first-order valence-electron chi connectivity index (χ1n) is 6.78. The Kier molecular flexibility index (Phi) is 5.53. The lowest BCUT2D eigenvalue weighted by atomic mass is 10.0. The van der Waals surface area contributed by atoms with Crippen molar-refractivity contribution in [2.75, 3.05) is 7.11 Å². The van der Waals surface area contributed by atoms with E-state index >= 15 is 0 Å². The number of hydroxylamine groups is 1. The molecule has 4 heteroatoms. The number of hydrogen-bond donors (Lipinski definition) is 1. The highest BCUT2D eigenvalue weighted by Gasteiger charge is 2.14. The third-order valence-corrected chi connectivity index (χ3v) is 3.22. The van der Waals surface area contributed by atoms with Crippen LogP contribution in [0.1, 0.15) is 23.2 Å². The zero-order valence-corrected chi connectivity index (χ0v) is 11.7. The summed E-state index contributed by atoms with van der Waals surface area (Å²) in [6.45, 7) is 0. The van der Waals surface area contributed by atoms with Crippen LogP contribution in [-0.4, -0.2) is 23.6 Å². The van der Waals surface area contributed by atoms with Gasteiger partial charge in [-0.25, -0.2) is 0 Å². The fourth-order valence-electron chi connectivity index (χ4n) is 2.17. The molecule has 0 unspecified atom stereocenters. The lowest BCUT2D eigenvalue weighted by molar-refractivity contribution is 0.0503. The molecule has 4 nitrogen and oxygen atoms in total. The molecule has 0 saturated heterocycles. The zero-order valence-electron chi connectivity index (χ0n) is 11.7. The number of nitrogens with one attached hydrogen (secondary N) is 1. The quantitative estimate of drug-likeness (QED) is 0.788. The van der Waals surface area contributed by atoms with E-state index in [1.54, 1.807) is 24.1 Å². The van der Waals surface area contributed by atoms with Crippen molar-refractivity contribution in [2.45, 2.75) is 25.3 Å². The van der Waals surface area contributed by atoms with Crippen molar-refractivity contribution in [1.82, 2.24) is 10.0 Å². The fraction of sp³-hybridized carbons (Fsp3) is 0.312. The van der Waals surface area contributed by atoms with Gasteiger partial charge in [-0.15, -0.1) is 0 Å². The molecule has 1 atom stereocenters. The van der Waals surface area contributed by atoms with E-state index in [1.165, 1.54) is 5.56 Å². The van der Waals surface area contributed by atoms with E-state index in [4.69, 9.17) is 4.84 Å². The first kappa shape index (κ1) is 14.5. The maximum atomic E-state index is 12.1. The van der Waals surface area contributed by atoms with Gasteiger partial charge >= 0.3 is 0 Å². The molecule has 1 N–H and O–H groups in total. The minimum atomic E-state index is 0.00936. The van der Waals surface area contributed by atoms with Crippen LogP contribution in [0.4, 0.5) is 0 Å². The number of rotatable bonds is 7. The first-order valence-corrected chi connectivity index (χ1v) is 6.78. The molecular formula is C16H20N2O2. The molecule has 0 aliphatic heterocycles. The molecule has 0 radical (unpaired) electrons. The summed E-state index contributed by atoms with van der Waals surface area (Å²) >= 11 is 0. The van der Waals surface area contributed by atoms with Gasteiger partial charge in [0.25, 0.3) is 0 Å². The van der Waals surface area contributed by atoms with E-state index in [0.29, 0.717) is 6.42 Å². The SMILES string of the molecule is CON[C@@H](CCc1ccccc1)CC(=O)n1cccc1. The summed E-state index contributed by atoms with van der Waals surface area (Å²) < 4.78 is 1.60. The number of aryl methyl sites for hydroxylation is 1. The highest BCUT2D eigenvalue weighted by atomic mass is 16.6. The highest BCUT2D eigenvalue weighted by Crippen LogP contribution is 2.09. The van der Waals surface area contributed by atoms with Crippen molar-refractivity contribution in [3.8, 4) is 0 Å². The number of nitrogens with zero attached hydrogens (tertiary/aromatic N) is 1. The minimum absolute atomic E-state index is 0.00936. The Balaban J connectivity index is 1.88. The largest absolute Gasteiger partial charge is 0.305 e. The molecule has 2 aromatic rings. The second-order valence-electron chi connectivity index (χ2n) is 4.73. The van der Waals surface area contributed by atoms with E-state index in [9.17, 15) is 4.79 Å². The number of hydrogen-bond acceptors (Lipinski definition) is 3. The molecule has 0 spiro atoms. The van der Waals surface area contributed by atoms with E-state index < -0.39 is 0 Å². The van der Waals surface area contributed by atoms with E-state index in [-0.39, 0.29) is 11.9 Å². The van der Waals surface area contributed by atoms with Crippen LogP contribution in [-0.2, 0) is 11.3 Å². The van der Waals surface area contributed by atoms with Crippen LogP contribution in [0.5, 0.6) is 0 Å². The molecule has 0 aliphatic carbocycles. The topological polar surface area (TPSA) is 43.3 Å². The van der Waals surface area contributed by atoms with Crippen molar-refractivity contribution in [3.63, 3.8) is 0 Å². The first-order chi connectivity index (χ1) is 9.79. The summed E-state index contributed by atoms with van der Waals surface area (Å²) in [6, 6.07) is 14.0. The molecule has 0 aliphatic rings. The van der Waals surface area contributed by atoms with Crippen molar-refractivity contribution in [3.05, 3.63) is 60.4 Å². The third kappa shape index (κ3) is 4.33. The Morgan fingerprint density at radius 2 is 1.90 bits per heavy atom. The lowest BCUT2D eigenvalue weighted by Gasteiger charge is -2.16. The average molecular weight is 272 g/mol. The second-order valence-corrected chi connectivity index (χ2v) is 4.73. The summed E-state index contributed by atoms with van der Waals surface area (Å²) in [5, 5.41) is 0. The second kappa shape index (κ2) is 7.62. The van der Waals surface area contributed by atoms with Gasteiger partial charge in [-0.3, -0.25) is 9.36 Å². The average Bonchev–Trinajstić information content (AvgIpc) is 3.00. The maximum absolute atomic E-state index is 12.1. The van der Waals surface area contributed by atoms with E-state index in [2.05, 4.69) is 17.6 Å². The van der Waals surface area contributed by atoms with Gasteiger partial charge in [0.15, 0.2) is 0 Å². The van der Waals surface area contributed by atoms with Gasteiger partial charge in [0.05, 0.1) is 7.11 Å². The monoisotopic (exact) mass is 272 g/mol. The van der Waals surface area contributed by atoms with Crippen LogP contribution < -0.4 is 5.48 Å². The van der Waals surface area contributed by atoms with Gasteiger partial charge in [-0.1, -0.05) is 30.3 Å². The smallest absolute Gasteiger partial charge is 0.232 e. The molecular weight excluding hydrogens is 252 g/mol. The number of carbonyl (C=O) groups excluding carboxylic acids is 1. The van der Waals surface area contributed by atoms with E-state index in [0.717, 1.165) is 12.8 Å². The molecule has 1 aromatic carbocycles. The number of carbonyl (C=O) groups is 1. The molecule has 1 aromatic heterocycles. The van der Waals surface area contributed by atoms with Gasteiger partial charge in [0.1, 0.15) is 0 Å². The highest BCUT2D eigenvalue weighted by molar-refractivity contribution is 5.79. The molecule has 0 fully saturated rings. The Hall–Kier alpha value is -1.91. The van der Waals surface area contributed by atoms with Gasteiger partial charge in [0, 0.05) is 24.9 Å². The Bertz CT molecular complexity index is 509. The van der Waals surface area contributed by atoms with Crippen LogP contribution in [0.15, 0.2) is 54.9 Å². The predicted octanol–water partition coefficient (Wildman–Crippen LogP) is 2.67. The zero-order chi connectivity index (χ0) is 14.2. The Morgan fingerprint density at radius 1 is 1.20 bits per heavy atom. The van der Waals surface area contributed by atoms with Crippen LogP contribution in [0, 0.1) is 0 Å². The minimum Gasteiger partial charge on any atom is -0.305 e. The summed E-state index contributed by atoms with van der Waals surface area (Å²) in [4.78, 5) is 17.1. The van der Waals surface area contributed by atoms with Crippen molar-refractivity contribution >= 4 is 5.91 Å². The van der Waals surface area contributed by atoms with Crippen LogP contribution in [0.3, 0.4) is 0 Å². The normalized spacial score (nSPS) is 12.2. The Morgan fingerprint density at radius 3 is 2.55 bits per heavy atom. The molecule has 1 heterocycles. The molecule has 0 saturated carbocycles. The summed E-state index contributed by atoms with van der Waals surface area (Å²) in [6.07, 6.45) is 5.72.